The van der Waals surface area contributed by atoms with Crippen molar-refractivity contribution >= 4 is 29.2 Å². The van der Waals surface area contributed by atoms with Crippen molar-refractivity contribution in [1.82, 2.24) is 20.4 Å². The van der Waals surface area contributed by atoms with E-state index in [-0.39, 0.29) is 30.4 Å². The summed E-state index contributed by atoms with van der Waals surface area (Å²) < 4.78 is 0. The van der Waals surface area contributed by atoms with Gasteiger partial charge in [-0.05, 0) is 30.5 Å². The van der Waals surface area contributed by atoms with Gasteiger partial charge in [-0.2, -0.15) is 0 Å². The molecule has 3 fully saturated rings. The van der Waals surface area contributed by atoms with Crippen molar-refractivity contribution in [2.45, 2.75) is 32.3 Å². The van der Waals surface area contributed by atoms with Crippen LogP contribution in [0.4, 0.5) is 10.5 Å². The normalized spacial score (nSPS) is 32.5. The highest BCUT2D eigenvalue weighted by Gasteiger charge is 2.54. The maximum atomic E-state index is 12.5. The summed E-state index contributed by atoms with van der Waals surface area (Å²) in [5, 5.41) is 6.63. The fourth-order valence-electron chi connectivity index (χ4n) is 4.03. The fraction of sp³-hybridized carbons (Fsp3) is 0.529. The van der Waals surface area contributed by atoms with E-state index in [9.17, 15) is 9.59 Å². The number of carbonyl (C=O) groups is 2. The second-order valence-electron chi connectivity index (χ2n) is 7.22. The topological polar surface area (TPSA) is 67.9 Å². The van der Waals surface area contributed by atoms with E-state index in [1.807, 2.05) is 19.1 Å². The number of aryl methyl sites for hydroxylation is 1. The number of carbonyl (C=O) groups excluding carboxylic acids is 2. The summed E-state index contributed by atoms with van der Waals surface area (Å²) in [5.74, 6) is 0.145. The zero-order valence-corrected chi connectivity index (χ0v) is 15.2. The third-order valence-electron chi connectivity index (χ3n) is 5.34. The van der Waals surface area contributed by atoms with E-state index in [0.29, 0.717) is 5.92 Å². The van der Waals surface area contributed by atoms with Crippen LogP contribution in [0.3, 0.4) is 0 Å². The van der Waals surface area contributed by atoms with Gasteiger partial charge in [0.25, 0.3) is 0 Å². The van der Waals surface area contributed by atoms with Crippen LogP contribution in [0.1, 0.15) is 12.5 Å². The van der Waals surface area contributed by atoms with Gasteiger partial charge in [-0.25, -0.2) is 4.79 Å². The fourth-order valence-corrected chi connectivity index (χ4v) is 4.20. The molecule has 25 heavy (non-hydrogen) atoms. The van der Waals surface area contributed by atoms with E-state index in [4.69, 9.17) is 11.6 Å². The summed E-state index contributed by atoms with van der Waals surface area (Å²) in [4.78, 5) is 30.3. The lowest BCUT2D eigenvalue weighted by Crippen LogP contribution is -2.65. The van der Waals surface area contributed by atoms with Crippen LogP contribution in [-0.2, 0) is 4.79 Å². The molecule has 1 aromatic carbocycles. The lowest BCUT2D eigenvalue weighted by atomic mass is 10.0. The molecular formula is C17H22ClN5O2. The molecular weight excluding hydrogens is 342 g/mol. The lowest BCUT2D eigenvalue weighted by Gasteiger charge is -2.45. The second-order valence-corrected chi connectivity index (χ2v) is 7.63. The number of halogens is 1. The van der Waals surface area contributed by atoms with Gasteiger partial charge >= 0.3 is 6.03 Å². The number of imide groups is 1. The highest BCUT2D eigenvalue weighted by molar-refractivity contribution is 6.31. The van der Waals surface area contributed by atoms with Gasteiger partial charge < -0.3 is 9.80 Å². The Bertz CT molecular complexity index is 742. The monoisotopic (exact) mass is 363 g/mol. The van der Waals surface area contributed by atoms with Gasteiger partial charge in [-0.1, -0.05) is 24.6 Å². The molecule has 3 aliphatic rings. The van der Waals surface area contributed by atoms with Gasteiger partial charge in [0.2, 0.25) is 5.91 Å². The molecule has 0 aromatic heterocycles. The predicted molar refractivity (Wildman–Crippen MR) is 95.2 cm³/mol. The summed E-state index contributed by atoms with van der Waals surface area (Å²) in [6, 6.07) is 5.27. The van der Waals surface area contributed by atoms with Crippen molar-refractivity contribution < 1.29 is 9.59 Å². The molecule has 8 heteroatoms. The minimum Gasteiger partial charge on any atom is -0.343 e. The molecule has 7 nitrogen and oxygen atoms in total. The first kappa shape index (κ1) is 16.6. The quantitative estimate of drug-likeness (QED) is 0.784. The molecule has 3 amide bonds. The van der Waals surface area contributed by atoms with Crippen molar-refractivity contribution in [1.29, 1.82) is 0 Å². The van der Waals surface area contributed by atoms with Crippen LogP contribution in [0, 0.1) is 12.8 Å². The number of likely N-dealkylation sites (N-methyl/N-ethyl adjacent to an activating group) is 1. The first-order valence-electron chi connectivity index (χ1n) is 8.49. The standard InChI is InChI=1S/C17H22ClN5O2/c1-9-7-22(11-5-4-10(2)12(18)6-11)16-19-14-13(23(16)8-9)15(24)20-17(25)21(14)3/h4-6,9,13-14,16,19H,7-8H2,1-3H3,(H,20,24,25). The molecule has 3 saturated heterocycles. The number of urea groups is 1. The Morgan fingerprint density at radius 2 is 2.00 bits per heavy atom. The molecule has 4 atom stereocenters. The second kappa shape index (κ2) is 5.86. The summed E-state index contributed by atoms with van der Waals surface area (Å²) in [5.41, 5.74) is 2.04. The smallest absolute Gasteiger partial charge is 0.325 e. The average molecular weight is 364 g/mol. The van der Waals surface area contributed by atoms with Crippen molar-refractivity contribution in [3.8, 4) is 0 Å². The van der Waals surface area contributed by atoms with Crippen molar-refractivity contribution in [2.75, 3.05) is 25.0 Å². The Kier molecular flexibility index (Phi) is 3.90. The van der Waals surface area contributed by atoms with E-state index in [2.05, 4.69) is 33.4 Å². The number of amides is 3. The van der Waals surface area contributed by atoms with Crippen molar-refractivity contribution in [2.24, 2.45) is 5.92 Å². The molecule has 1 aromatic rings. The zero-order chi connectivity index (χ0) is 17.9. The van der Waals surface area contributed by atoms with E-state index in [0.717, 1.165) is 29.4 Å². The van der Waals surface area contributed by atoms with E-state index in [1.165, 1.54) is 0 Å². The molecule has 0 radical (unpaired) electrons. The van der Waals surface area contributed by atoms with Gasteiger partial charge in [0.15, 0.2) is 0 Å². The maximum absolute atomic E-state index is 12.5. The third-order valence-corrected chi connectivity index (χ3v) is 5.75. The average Bonchev–Trinajstić information content (AvgIpc) is 2.94. The lowest BCUT2D eigenvalue weighted by molar-refractivity contribution is -0.128. The molecule has 3 heterocycles. The number of benzene rings is 1. The van der Waals surface area contributed by atoms with E-state index >= 15 is 0 Å². The Morgan fingerprint density at radius 1 is 1.24 bits per heavy atom. The van der Waals surface area contributed by atoms with Gasteiger partial charge in [-0.3, -0.25) is 20.3 Å². The highest BCUT2D eigenvalue weighted by atomic mass is 35.5. The van der Waals surface area contributed by atoms with Crippen LogP contribution in [-0.4, -0.2) is 60.4 Å². The number of nitrogens with zero attached hydrogens (tertiary/aromatic N) is 3. The summed E-state index contributed by atoms with van der Waals surface area (Å²) in [6.45, 7) is 5.79. The first-order valence-corrected chi connectivity index (χ1v) is 8.87. The van der Waals surface area contributed by atoms with Gasteiger partial charge in [-0.15, -0.1) is 0 Å². The molecule has 0 spiro atoms. The number of rotatable bonds is 1. The SMILES string of the molecule is Cc1ccc(N2CC(C)CN3C4C(=O)NC(=O)N(C)C4NC23)cc1Cl. The largest absolute Gasteiger partial charge is 0.343 e. The van der Waals surface area contributed by atoms with Crippen molar-refractivity contribution in [3.63, 3.8) is 0 Å². The van der Waals surface area contributed by atoms with Crippen LogP contribution in [0.5, 0.6) is 0 Å². The zero-order valence-electron chi connectivity index (χ0n) is 14.5. The predicted octanol–water partition coefficient (Wildman–Crippen LogP) is 1.17. The van der Waals surface area contributed by atoms with E-state index in [1.54, 1.807) is 11.9 Å². The summed E-state index contributed by atoms with van der Waals surface area (Å²) in [6.07, 6.45) is -0.482. The Balaban J connectivity index is 1.70. The van der Waals surface area contributed by atoms with Gasteiger partial charge in [0.05, 0.1) is 0 Å². The molecule has 134 valence electrons. The van der Waals surface area contributed by atoms with Crippen LogP contribution in [0.15, 0.2) is 18.2 Å². The summed E-state index contributed by atoms with van der Waals surface area (Å²) in [7, 11) is 1.71. The Hall–Kier alpha value is -1.83. The third kappa shape index (κ3) is 2.58. The Morgan fingerprint density at radius 3 is 2.72 bits per heavy atom. The molecule has 4 unspecified atom stereocenters. The molecule has 0 saturated carbocycles. The molecule has 0 bridgehead atoms. The minimum atomic E-state index is -0.390. The summed E-state index contributed by atoms with van der Waals surface area (Å²) >= 11 is 6.32. The number of anilines is 1. The Labute approximate surface area is 151 Å². The highest BCUT2D eigenvalue weighted by Crippen LogP contribution is 2.34. The van der Waals surface area contributed by atoms with Crippen molar-refractivity contribution in [3.05, 3.63) is 28.8 Å². The number of hydrogen-bond acceptors (Lipinski definition) is 5. The van der Waals surface area contributed by atoms with Gasteiger partial charge in [0.1, 0.15) is 18.5 Å². The van der Waals surface area contributed by atoms with Gasteiger partial charge in [0, 0.05) is 30.8 Å². The molecule has 3 aliphatic heterocycles. The van der Waals surface area contributed by atoms with Crippen LogP contribution in [0.2, 0.25) is 5.02 Å². The number of fused-ring (bicyclic) bond motifs is 3. The van der Waals surface area contributed by atoms with Crippen LogP contribution < -0.4 is 15.5 Å². The molecule has 0 aliphatic carbocycles. The van der Waals surface area contributed by atoms with Crippen LogP contribution >= 0.6 is 11.6 Å². The number of hydrogen-bond donors (Lipinski definition) is 2. The van der Waals surface area contributed by atoms with Crippen LogP contribution in [0.25, 0.3) is 0 Å². The molecule has 4 rings (SSSR count). The number of nitrogens with one attached hydrogen (secondary N) is 2. The van der Waals surface area contributed by atoms with E-state index < -0.39 is 0 Å². The first-order chi connectivity index (χ1) is 11.9. The minimum absolute atomic E-state index is 0.149. The maximum Gasteiger partial charge on any atom is 0.325 e. The molecule has 2 N–H and O–H groups in total.